The molecule has 0 aliphatic carbocycles. The van der Waals surface area contributed by atoms with Crippen LogP contribution in [0, 0.1) is 5.41 Å². The van der Waals surface area contributed by atoms with Gasteiger partial charge in [-0.25, -0.2) is 14.4 Å². The van der Waals surface area contributed by atoms with Crippen molar-refractivity contribution in [3.63, 3.8) is 0 Å². The first-order valence-corrected chi connectivity index (χ1v) is 11.9. The van der Waals surface area contributed by atoms with Gasteiger partial charge in [0.2, 0.25) is 0 Å². The molecule has 0 saturated carbocycles. The van der Waals surface area contributed by atoms with Crippen LogP contribution in [0.1, 0.15) is 18.4 Å². The van der Waals surface area contributed by atoms with Crippen LogP contribution in [-0.4, -0.2) is 61.4 Å². The highest BCUT2D eigenvalue weighted by Gasteiger charge is 2.69. The Bertz CT molecular complexity index is 1170. The highest BCUT2D eigenvalue weighted by Crippen LogP contribution is 2.55. The second-order valence-corrected chi connectivity index (χ2v) is 10.2. The number of carbonyl (C=O) groups is 1. The van der Waals surface area contributed by atoms with Gasteiger partial charge >= 0.3 is 11.8 Å². The maximum atomic E-state index is 15.4. The lowest BCUT2D eigenvalue weighted by Crippen LogP contribution is -2.49. The molecule has 2 saturated heterocycles. The molecule has 1 aromatic carbocycles. The number of piperidine rings is 1. The lowest BCUT2D eigenvalue weighted by atomic mass is 9.75. The molecule has 3 aliphatic rings. The van der Waals surface area contributed by atoms with E-state index in [-0.39, 0.29) is 32.9 Å². The van der Waals surface area contributed by atoms with E-state index in [4.69, 9.17) is 16.2 Å². The lowest BCUT2D eigenvalue weighted by molar-refractivity contribution is -0.228. The molecule has 4 heterocycles. The minimum atomic E-state index is -5.43. The summed E-state index contributed by atoms with van der Waals surface area (Å²) in [6.45, 7) is 2.57. The molecule has 8 nitrogen and oxygen atoms in total. The number of hydrogen-bond acceptors (Lipinski definition) is 8. The average molecular weight is 513 g/mol. The van der Waals surface area contributed by atoms with Crippen LogP contribution in [0.3, 0.4) is 0 Å². The van der Waals surface area contributed by atoms with Gasteiger partial charge in [0.1, 0.15) is 10.8 Å². The third kappa shape index (κ3) is 3.62. The molecule has 3 aliphatic heterocycles. The SMILES string of the molecule is CN1C(=O)C(F)(C(F)(F)F)c2c(Sc3ncc(N4CCC5(CC4)COCC5N)nc3N)cccc21. The van der Waals surface area contributed by atoms with Crippen molar-refractivity contribution in [1.29, 1.82) is 0 Å². The van der Waals surface area contributed by atoms with Crippen molar-refractivity contribution >= 4 is 35.0 Å². The predicted octanol–water partition coefficient (Wildman–Crippen LogP) is 2.86. The molecule has 188 valence electrons. The van der Waals surface area contributed by atoms with Crippen LogP contribution >= 0.6 is 11.8 Å². The zero-order valence-electron chi connectivity index (χ0n) is 18.8. The Morgan fingerprint density at radius 2 is 1.97 bits per heavy atom. The molecular formula is C22H24F4N6O2S. The molecule has 5 rings (SSSR count). The van der Waals surface area contributed by atoms with Crippen molar-refractivity contribution in [3.05, 3.63) is 30.0 Å². The van der Waals surface area contributed by atoms with Crippen molar-refractivity contribution in [2.24, 2.45) is 11.1 Å². The van der Waals surface area contributed by atoms with Crippen LogP contribution in [0.15, 0.2) is 34.3 Å². The Labute approximate surface area is 203 Å². The number of aromatic nitrogens is 2. The Hall–Kier alpha value is -2.64. The summed E-state index contributed by atoms with van der Waals surface area (Å²) in [6.07, 6.45) is -2.27. The summed E-state index contributed by atoms with van der Waals surface area (Å²) in [5.74, 6) is -1.14. The van der Waals surface area contributed by atoms with Gasteiger partial charge in [-0.1, -0.05) is 17.8 Å². The van der Waals surface area contributed by atoms with E-state index in [1.807, 2.05) is 4.90 Å². The largest absolute Gasteiger partial charge is 0.436 e. The van der Waals surface area contributed by atoms with E-state index >= 15 is 4.39 Å². The summed E-state index contributed by atoms with van der Waals surface area (Å²) in [5.41, 5.74) is 7.24. The quantitative estimate of drug-likeness (QED) is 0.605. The van der Waals surface area contributed by atoms with Crippen LogP contribution in [0.5, 0.6) is 0 Å². The van der Waals surface area contributed by atoms with E-state index in [9.17, 15) is 18.0 Å². The number of halogens is 4. The van der Waals surface area contributed by atoms with Crippen LogP contribution in [0.4, 0.5) is 34.9 Å². The Kier molecular flexibility index (Phi) is 5.64. The number of carbonyl (C=O) groups excluding carboxylic acids is 1. The first kappa shape index (κ1) is 24.1. The minimum Gasteiger partial charge on any atom is -0.381 e. The molecule has 4 N–H and O–H groups in total. The number of rotatable bonds is 3. The molecule has 0 bridgehead atoms. The fourth-order valence-electron chi connectivity index (χ4n) is 5.03. The first-order chi connectivity index (χ1) is 16.5. The van der Waals surface area contributed by atoms with Crippen LogP contribution < -0.4 is 21.3 Å². The number of nitrogens with zero attached hydrogens (tertiary/aromatic N) is 4. The smallest absolute Gasteiger partial charge is 0.381 e. The number of likely N-dealkylation sites (N-methyl/N-ethyl adjacent to an activating group) is 1. The van der Waals surface area contributed by atoms with Gasteiger partial charge in [0.15, 0.2) is 5.82 Å². The normalized spacial score (nSPS) is 26.0. The Morgan fingerprint density at radius 3 is 2.57 bits per heavy atom. The number of nitrogens with two attached hydrogens (primary N) is 2. The van der Waals surface area contributed by atoms with E-state index in [0.29, 0.717) is 37.0 Å². The third-order valence-electron chi connectivity index (χ3n) is 7.21. The molecule has 13 heteroatoms. The monoisotopic (exact) mass is 512 g/mol. The molecule has 2 unspecified atom stereocenters. The number of anilines is 3. The molecule has 1 aromatic heterocycles. The van der Waals surface area contributed by atoms with Gasteiger partial charge in [0.25, 0.3) is 5.91 Å². The van der Waals surface area contributed by atoms with E-state index < -0.39 is 23.3 Å². The van der Waals surface area contributed by atoms with E-state index in [1.165, 1.54) is 24.4 Å². The van der Waals surface area contributed by atoms with E-state index in [2.05, 4.69) is 9.97 Å². The standard InChI is InChI=1S/C22H24F4N6O2S/c1-31-12-3-2-4-13(16(12)21(23,19(31)33)22(24,25)26)35-18-17(28)30-15(9-29-18)32-7-5-20(6-8-32)11-34-10-14(20)27/h2-4,9,14H,5-8,10-11,27H2,1H3,(H2,28,30). The molecule has 2 atom stereocenters. The zero-order valence-corrected chi connectivity index (χ0v) is 19.6. The van der Waals surface area contributed by atoms with Crippen LogP contribution in [-0.2, 0) is 15.2 Å². The van der Waals surface area contributed by atoms with Crippen LogP contribution in [0.2, 0.25) is 0 Å². The maximum Gasteiger partial charge on any atom is 0.436 e. The fourth-order valence-corrected chi connectivity index (χ4v) is 5.99. The topological polar surface area (TPSA) is 111 Å². The van der Waals surface area contributed by atoms with Crippen molar-refractivity contribution < 1.29 is 27.1 Å². The summed E-state index contributed by atoms with van der Waals surface area (Å²) in [7, 11) is 1.11. The van der Waals surface area contributed by atoms with Gasteiger partial charge in [-0.2, -0.15) is 13.2 Å². The molecule has 2 fully saturated rings. The maximum absolute atomic E-state index is 15.4. The number of benzene rings is 1. The van der Waals surface area contributed by atoms with Gasteiger partial charge in [-0.15, -0.1) is 0 Å². The molecule has 1 amide bonds. The van der Waals surface area contributed by atoms with Gasteiger partial charge < -0.3 is 26.0 Å². The molecule has 2 aromatic rings. The number of ether oxygens (including phenoxy) is 1. The van der Waals surface area contributed by atoms with Crippen LogP contribution in [0.25, 0.3) is 0 Å². The van der Waals surface area contributed by atoms with Crippen molar-refractivity contribution in [2.75, 3.05) is 48.9 Å². The third-order valence-corrected chi connectivity index (χ3v) is 8.28. The first-order valence-electron chi connectivity index (χ1n) is 11.0. The number of amides is 1. The summed E-state index contributed by atoms with van der Waals surface area (Å²) in [5, 5.41) is 0.119. The zero-order chi connectivity index (χ0) is 25.2. The Balaban J connectivity index is 1.40. The number of hydrogen-bond donors (Lipinski definition) is 2. The van der Waals surface area contributed by atoms with Gasteiger partial charge in [-0.05, 0) is 25.0 Å². The summed E-state index contributed by atoms with van der Waals surface area (Å²) < 4.78 is 62.1. The molecule has 0 radical (unpaired) electrons. The van der Waals surface area contributed by atoms with E-state index in [0.717, 1.165) is 31.7 Å². The molecular weight excluding hydrogens is 488 g/mol. The Morgan fingerprint density at radius 1 is 1.26 bits per heavy atom. The highest BCUT2D eigenvalue weighted by atomic mass is 32.2. The van der Waals surface area contributed by atoms with Gasteiger partial charge in [0, 0.05) is 42.1 Å². The molecule has 1 spiro atoms. The van der Waals surface area contributed by atoms with Crippen molar-refractivity contribution in [1.82, 2.24) is 9.97 Å². The number of fused-ring (bicyclic) bond motifs is 1. The van der Waals surface area contributed by atoms with Gasteiger partial charge in [-0.3, -0.25) is 4.79 Å². The predicted molar refractivity (Wildman–Crippen MR) is 122 cm³/mol. The van der Waals surface area contributed by atoms with E-state index in [1.54, 1.807) is 0 Å². The summed E-state index contributed by atoms with van der Waals surface area (Å²) >= 11 is 0.744. The highest BCUT2D eigenvalue weighted by molar-refractivity contribution is 7.99. The fraction of sp³-hybridized carbons (Fsp3) is 0.500. The minimum absolute atomic E-state index is 0.000404. The summed E-state index contributed by atoms with van der Waals surface area (Å²) in [6, 6.07) is 4.03. The average Bonchev–Trinajstić information content (AvgIpc) is 3.27. The summed E-state index contributed by atoms with van der Waals surface area (Å²) in [4.78, 5) is 23.6. The lowest BCUT2D eigenvalue weighted by Gasteiger charge is -2.41. The molecule has 35 heavy (non-hydrogen) atoms. The van der Waals surface area contributed by atoms with Crippen molar-refractivity contribution in [3.8, 4) is 0 Å². The number of alkyl halides is 4. The van der Waals surface area contributed by atoms with Crippen molar-refractivity contribution in [2.45, 2.75) is 40.6 Å². The number of nitrogen functional groups attached to an aromatic ring is 1. The second-order valence-electron chi connectivity index (χ2n) is 9.16. The van der Waals surface area contributed by atoms with Gasteiger partial charge in [0.05, 0.1) is 25.1 Å². The second kappa shape index (κ2) is 8.20.